The maximum atomic E-state index is 12.2. The SMILES string of the molecule is CCCCCCCCC(CCCCC)C(=O)NC(C)C. The van der Waals surface area contributed by atoms with Crippen molar-refractivity contribution in [3.63, 3.8) is 0 Å². The second kappa shape index (κ2) is 13.5. The largest absolute Gasteiger partial charge is 0.354 e. The summed E-state index contributed by atoms with van der Waals surface area (Å²) in [6.07, 6.45) is 13.7. The molecule has 0 fully saturated rings. The van der Waals surface area contributed by atoms with Gasteiger partial charge in [-0.2, -0.15) is 0 Å². The summed E-state index contributed by atoms with van der Waals surface area (Å²) in [4.78, 5) is 12.2. The maximum Gasteiger partial charge on any atom is 0.223 e. The molecule has 0 aromatic carbocycles. The lowest BCUT2D eigenvalue weighted by Crippen LogP contribution is -2.35. The molecule has 1 N–H and O–H groups in total. The van der Waals surface area contributed by atoms with Gasteiger partial charge in [0.25, 0.3) is 0 Å². The van der Waals surface area contributed by atoms with Crippen molar-refractivity contribution < 1.29 is 4.79 Å². The Hall–Kier alpha value is -0.530. The van der Waals surface area contributed by atoms with E-state index >= 15 is 0 Å². The van der Waals surface area contributed by atoms with Crippen LogP contribution in [0.5, 0.6) is 0 Å². The Morgan fingerprint density at radius 2 is 1.25 bits per heavy atom. The Morgan fingerprint density at radius 3 is 1.80 bits per heavy atom. The van der Waals surface area contributed by atoms with E-state index in [9.17, 15) is 4.79 Å². The molecule has 0 aromatic rings. The lowest BCUT2D eigenvalue weighted by molar-refractivity contribution is -0.126. The minimum absolute atomic E-state index is 0.245. The van der Waals surface area contributed by atoms with E-state index < -0.39 is 0 Å². The minimum atomic E-state index is 0.245. The molecule has 0 spiro atoms. The first-order valence-electron chi connectivity index (χ1n) is 8.92. The molecule has 0 aromatic heterocycles. The quantitative estimate of drug-likeness (QED) is 0.447. The average molecular weight is 284 g/mol. The van der Waals surface area contributed by atoms with Crippen LogP contribution in [0.3, 0.4) is 0 Å². The van der Waals surface area contributed by atoms with Gasteiger partial charge in [0.1, 0.15) is 0 Å². The molecule has 0 saturated heterocycles. The first kappa shape index (κ1) is 19.5. The molecule has 2 heteroatoms. The van der Waals surface area contributed by atoms with Gasteiger partial charge in [-0.1, -0.05) is 71.6 Å². The first-order chi connectivity index (χ1) is 9.61. The molecule has 1 amide bonds. The van der Waals surface area contributed by atoms with E-state index in [-0.39, 0.29) is 17.9 Å². The van der Waals surface area contributed by atoms with E-state index in [0.717, 1.165) is 12.8 Å². The van der Waals surface area contributed by atoms with Gasteiger partial charge in [-0.3, -0.25) is 4.79 Å². The van der Waals surface area contributed by atoms with Gasteiger partial charge >= 0.3 is 0 Å². The van der Waals surface area contributed by atoms with Gasteiger partial charge < -0.3 is 5.32 Å². The van der Waals surface area contributed by atoms with Gasteiger partial charge in [0.2, 0.25) is 5.91 Å². The van der Waals surface area contributed by atoms with Gasteiger partial charge in [-0.15, -0.1) is 0 Å². The molecule has 0 bridgehead atoms. The summed E-state index contributed by atoms with van der Waals surface area (Å²) in [5.41, 5.74) is 0. The van der Waals surface area contributed by atoms with Crippen molar-refractivity contribution in [2.45, 2.75) is 104 Å². The molecule has 0 rings (SSSR count). The number of unbranched alkanes of at least 4 members (excludes halogenated alkanes) is 7. The minimum Gasteiger partial charge on any atom is -0.354 e. The fourth-order valence-corrected chi connectivity index (χ4v) is 2.62. The van der Waals surface area contributed by atoms with Crippen molar-refractivity contribution in [2.24, 2.45) is 5.92 Å². The van der Waals surface area contributed by atoms with Crippen molar-refractivity contribution in [1.82, 2.24) is 5.32 Å². The standard InChI is InChI=1S/C18H37NO/c1-5-7-9-10-11-13-15-17(14-12-8-6-2)18(20)19-16(3)4/h16-17H,5-15H2,1-4H3,(H,19,20). The zero-order valence-electron chi connectivity index (χ0n) is 14.3. The number of hydrogen-bond donors (Lipinski definition) is 1. The van der Waals surface area contributed by atoms with Gasteiger partial charge in [-0.25, -0.2) is 0 Å². The highest BCUT2D eigenvalue weighted by Gasteiger charge is 2.18. The first-order valence-corrected chi connectivity index (χ1v) is 8.92. The number of rotatable bonds is 13. The molecule has 0 aliphatic heterocycles. The number of amides is 1. The number of nitrogens with one attached hydrogen (secondary N) is 1. The lowest BCUT2D eigenvalue weighted by atomic mass is 9.93. The van der Waals surface area contributed by atoms with Crippen LogP contribution in [0, 0.1) is 5.92 Å². The van der Waals surface area contributed by atoms with Gasteiger partial charge in [0.15, 0.2) is 0 Å². The van der Waals surface area contributed by atoms with Gasteiger partial charge in [0, 0.05) is 12.0 Å². The summed E-state index contributed by atoms with van der Waals surface area (Å²) < 4.78 is 0. The van der Waals surface area contributed by atoms with Crippen LogP contribution >= 0.6 is 0 Å². The van der Waals surface area contributed by atoms with Crippen LogP contribution in [0.15, 0.2) is 0 Å². The number of carbonyl (C=O) groups excluding carboxylic acids is 1. The average Bonchev–Trinajstić information content (AvgIpc) is 2.39. The van der Waals surface area contributed by atoms with Crippen LogP contribution in [-0.4, -0.2) is 11.9 Å². The summed E-state index contributed by atoms with van der Waals surface area (Å²) in [6.45, 7) is 8.56. The molecule has 0 heterocycles. The Bertz CT molecular complexity index is 225. The molecule has 120 valence electrons. The topological polar surface area (TPSA) is 29.1 Å². The molecular weight excluding hydrogens is 246 g/mol. The summed E-state index contributed by atoms with van der Waals surface area (Å²) >= 11 is 0. The van der Waals surface area contributed by atoms with Gasteiger partial charge in [-0.05, 0) is 26.7 Å². The van der Waals surface area contributed by atoms with Crippen LogP contribution < -0.4 is 5.32 Å². The Morgan fingerprint density at radius 1 is 0.800 bits per heavy atom. The summed E-state index contributed by atoms with van der Waals surface area (Å²) in [7, 11) is 0. The van der Waals surface area contributed by atoms with E-state index in [4.69, 9.17) is 0 Å². The third-order valence-electron chi connectivity index (χ3n) is 3.86. The third-order valence-corrected chi connectivity index (χ3v) is 3.86. The molecule has 2 nitrogen and oxygen atoms in total. The van der Waals surface area contributed by atoms with E-state index in [2.05, 4.69) is 19.2 Å². The van der Waals surface area contributed by atoms with Crippen molar-refractivity contribution in [3.8, 4) is 0 Å². The molecule has 20 heavy (non-hydrogen) atoms. The molecule has 0 aliphatic rings. The fourth-order valence-electron chi connectivity index (χ4n) is 2.62. The smallest absolute Gasteiger partial charge is 0.223 e. The number of carbonyl (C=O) groups is 1. The molecule has 1 unspecified atom stereocenters. The van der Waals surface area contributed by atoms with E-state index in [1.807, 2.05) is 13.8 Å². The number of hydrogen-bond acceptors (Lipinski definition) is 1. The highest BCUT2D eigenvalue weighted by Crippen LogP contribution is 2.19. The molecule has 0 radical (unpaired) electrons. The Balaban J connectivity index is 3.94. The van der Waals surface area contributed by atoms with E-state index in [0.29, 0.717) is 0 Å². The zero-order chi connectivity index (χ0) is 15.2. The molecular formula is C18H37NO. The maximum absolute atomic E-state index is 12.2. The van der Waals surface area contributed by atoms with Crippen molar-refractivity contribution in [3.05, 3.63) is 0 Å². The van der Waals surface area contributed by atoms with E-state index in [1.54, 1.807) is 0 Å². The molecule has 1 atom stereocenters. The predicted octanol–water partition coefficient (Wildman–Crippen LogP) is 5.46. The van der Waals surface area contributed by atoms with Crippen molar-refractivity contribution >= 4 is 5.91 Å². The Kier molecular flexibility index (Phi) is 13.1. The van der Waals surface area contributed by atoms with Crippen LogP contribution in [0.4, 0.5) is 0 Å². The lowest BCUT2D eigenvalue weighted by Gasteiger charge is -2.18. The van der Waals surface area contributed by atoms with E-state index in [1.165, 1.54) is 57.8 Å². The van der Waals surface area contributed by atoms with Gasteiger partial charge in [0.05, 0.1) is 0 Å². The fraction of sp³-hybridized carbons (Fsp3) is 0.944. The second-order valence-electron chi connectivity index (χ2n) is 6.41. The highest BCUT2D eigenvalue weighted by molar-refractivity contribution is 5.78. The summed E-state index contributed by atoms with van der Waals surface area (Å²) in [6, 6.07) is 0.265. The van der Waals surface area contributed by atoms with Crippen LogP contribution in [0.1, 0.15) is 98.3 Å². The molecule has 0 aliphatic carbocycles. The molecule has 0 saturated carbocycles. The second-order valence-corrected chi connectivity index (χ2v) is 6.41. The third kappa shape index (κ3) is 11.3. The summed E-state index contributed by atoms with van der Waals surface area (Å²) in [5.74, 6) is 0.528. The van der Waals surface area contributed by atoms with Crippen molar-refractivity contribution in [2.75, 3.05) is 0 Å². The van der Waals surface area contributed by atoms with Crippen molar-refractivity contribution in [1.29, 1.82) is 0 Å². The monoisotopic (exact) mass is 283 g/mol. The normalized spacial score (nSPS) is 12.7. The van der Waals surface area contributed by atoms with Crippen LogP contribution in [-0.2, 0) is 4.79 Å². The van der Waals surface area contributed by atoms with Crippen LogP contribution in [0.2, 0.25) is 0 Å². The van der Waals surface area contributed by atoms with Crippen LogP contribution in [0.25, 0.3) is 0 Å². The predicted molar refractivity (Wildman–Crippen MR) is 88.9 cm³/mol. The zero-order valence-corrected chi connectivity index (χ0v) is 14.3. The Labute approximate surface area is 127 Å². The highest BCUT2D eigenvalue weighted by atomic mass is 16.1. The summed E-state index contributed by atoms with van der Waals surface area (Å²) in [5, 5.41) is 3.09.